The summed E-state index contributed by atoms with van der Waals surface area (Å²) >= 11 is -0.270. The molecule has 0 aromatic heterocycles. The van der Waals surface area contributed by atoms with Gasteiger partial charge in [0.2, 0.25) is 0 Å². The van der Waals surface area contributed by atoms with Gasteiger partial charge in [0.1, 0.15) is 0 Å². The number of para-hydroxylation sites is 4. The van der Waals surface area contributed by atoms with Crippen molar-refractivity contribution in [1.29, 1.82) is 0 Å². The molecule has 70 heavy (non-hydrogen) atoms. The van der Waals surface area contributed by atoms with Gasteiger partial charge in [-0.05, 0) is 0 Å². The molecule has 10 aliphatic rings. The van der Waals surface area contributed by atoms with Gasteiger partial charge >= 0.3 is 417 Å². The molecule has 6 saturated heterocycles. The zero-order valence-corrected chi connectivity index (χ0v) is 42.0. The summed E-state index contributed by atoms with van der Waals surface area (Å²) in [5, 5.41) is 26.8. The van der Waals surface area contributed by atoms with Crippen molar-refractivity contribution < 1.29 is 31.4 Å². The molecule has 4 aromatic carbocycles. The molecule has 6 aliphatic heterocycles. The van der Waals surface area contributed by atoms with Crippen molar-refractivity contribution >= 4 is 15.7 Å². The molecule has 6 bridgehead atoms. The molecule has 12 nitrogen and oxygen atoms in total. The van der Waals surface area contributed by atoms with E-state index in [1.54, 1.807) is 0 Å². The van der Waals surface area contributed by atoms with Gasteiger partial charge in [-0.2, -0.15) is 0 Å². The molecule has 0 amide bonds. The zero-order chi connectivity index (χ0) is 45.4. The second-order valence-corrected chi connectivity index (χ2v) is 23.9. The molecular weight excluding hydrogens is 911 g/mol. The number of nitrogens with zero attached hydrogens (tertiary/aromatic N) is 2. The van der Waals surface area contributed by atoms with Gasteiger partial charge in [-0.3, -0.25) is 0 Å². The number of ether oxygens (including phenoxy) is 4. The van der Waals surface area contributed by atoms with E-state index in [4.69, 9.17) is 18.9 Å². The second-order valence-electron chi connectivity index (χ2n) is 22.5. The number of hydrogen-bond acceptors (Lipinski definition) is 12. The molecule has 20 unspecified atom stereocenters. The molecule has 4 saturated carbocycles. The fourth-order valence-corrected chi connectivity index (χ4v) is 18.0. The topological polar surface area (TPSA) is 116 Å². The summed E-state index contributed by atoms with van der Waals surface area (Å²) in [6.45, 7) is 0. The molecule has 368 valence electrons. The van der Waals surface area contributed by atoms with Crippen LogP contribution in [-0.2, 0) is 0 Å². The number of benzene rings is 4. The van der Waals surface area contributed by atoms with Gasteiger partial charge in [-0.25, -0.2) is 0 Å². The van der Waals surface area contributed by atoms with E-state index in [1.165, 1.54) is 0 Å². The van der Waals surface area contributed by atoms with Gasteiger partial charge in [0.25, 0.3) is 0 Å². The van der Waals surface area contributed by atoms with Crippen LogP contribution in [0, 0.1) is 47.3 Å². The van der Waals surface area contributed by atoms with E-state index < -0.39 is 0 Å². The van der Waals surface area contributed by atoms with Crippen molar-refractivity contribution in [3.63, 3.8) is 0 Å². The number of rotatable bonds is 8. The van der Waals surface area contributed by atoms with Gasteiger partial charge in [0, 0.05) is 0 Å². The van der Waals surface area contributed by atoms with Crippen molar-refractivity contribution in [3.8, 4) is 23.0 Å². The van der Waals surface area contributed by atoms with E-state index in [2.05, 4.69) is 161 Å². The first-order chi connectivity index (χ1) is 34.1. The van der Waals surface area contributed by atoms with Crippen molar-refractivity contribution in [2.75, 3.05) is 0 Å². The van der Waals surface area contributed by atoms with Crippen LogP contribution in [0.4, 0.5) is 0 Å². The minimum atomic E-state index is -0.270. The van der Waals surface area contributed by atoms with Crippen molar-refractivity contribution in [1.82, 2.24) is 39.7 Å². The van der Waals surface area contributed by atoms with Gasteiger partial charge in [0.05, 0.1) is 0 Å². The van der Waals surface area contributed by atoms with E-state index in [1.807, 2.05) is 0 Å². The Morgan fingerprint density at radius 2 is 0.586 bits per heavy atom. The van der Waals surface area contributed by atoms with Crippen LogP contribution in [0.1, 0.15) is 77.0 Å². The van der Waals surface area contributed by atoms with Crippen LogP contribution in [-0.4, -0.2) is 97.2 Å². The van der Waals surface area contributed by atoms with Crippen LogP contribution in [0.15, 0.2) is 121 Å². The molecule has 14 heteroatoms. The molecule has 20 atom stereocenters. The SMILES string of the molecule is [Cl-].c1ccc(OC2CCC3C4NC(NC5C6CCC(Oc7ccccc7)CC6C6NC7NC(NC8C9CCC(Oc%10ccccc%10)CC9C(N4)[N]8[Al+][N]56)C4CC(Oc5ccccc5)CCC74)C3C2)cc1. The Bertz CT molecular complexity index is 2210. The summed E-state index contributed by atoms with van der Waals surface area (Å²) in [5.74, 6) is 7.75. The van der Waals surface area contributed by atoms with E-state index >= 15 is 0 Å². The zero-order valence-electron chi connectivity index (χ0n) is 40.1. The first kappa shape index (κ1) is 46.4. The first-order valence-electron chi connectivity index (χ1n) is 26.9. The van der Waals surface area contributed by atoms with Crippen LogP contribution in [0.5, 0.6) is 23.0 Å². The van der Waals surface area contributed by atoms with Gasteiger partial charge < -0.3 is 12.4 Å². The minimum absolute atomic E-state index is 0. The van der Waals surface area contributed by atoms with Crippen LogP contribution < -0.4 is 63.3 Å². The molecule has 4 aliphatic carbocycles. The number of nitrogens with one attached hydrogen (secondary N) is 6. The van der Waals surface area contributed by atoms with E-state index in [-0.39, 0.29) is 102 Å². The summed E-state index contributed by atoms with van der Waals surface area (Å²) < 4.78 is 33.4. The Kier molecular flexibility index (Phi) is 13.1. The third-order valence-electron chi connectivity index (χ3n) is 18.8. The Morgan fingerprint density at radius 3 is 0.914 bits per heavy atom. The van der Waals surface area contributed by atoms with Crippen LogP contribution in [0.3, 0.4) is 0 Å². The normalized spacial score (nSPS) is 42.5. The summed E-state index contributed by atoms with van der Waals surface area (Å²) in [7, 11) is 0. The molecular formula is C56H70AlClN8O4. The molecule has 14 rings (SSSR count). The number of halogens is 1. The van der Waals surface area contributed by atoms with Gasteiger partial charge in [-0.15, -0.1) is 0 Å². The summed E-state index contributed by atoms with van der Waals surface area (Å²) in [4.78, 5) is 0. The van der Waals surface area contributed by atoms with Crippen LogP contribution in [0.25, 0.3) is 0 Å². The van der Waals surface area contributed by atoms with Crippen molar-refractivity contribution in [2.24, 2.45) is 47.3 Å². The molecule has 0 spiro atoms. The molecule has 0 radical (unpaired) electrons. The predicted molar refractivity (Wildman–Crippen MR) is 265 cm³/mol. The van der Waals surface area contributed by atoms with Crippen molar-refractivity contribution in [3.05, 3.63) is 121 Å². The van der Waals surface area contributed by atoms with E-state index in [0.29, 0.717) is 47.3 Å². The second kappa shape index (κ2) is 19.8. The first-order valence-corrected chi connectivity index (χ1v) is 28.0. The number of fused-ring (bicyclic) bond motifs is 16. The molecule has 10 fully saturated rings. The summed E-state index contributed by atoms with van der Waals surface area (Å²) in [6, 6.07) is 42.2. The van der Waals surface area contributed by atoms with Gasteiger partial charge in [0.15, 0.2) is 0 Å². The van der Waals surface area contributed by atoms with E-state index in [9.17, 15) is 0 Å². The third kappa shape index (κ3) is 8.77. The standard InChI is InChI=1S/C56H70N8O4.Al.ClH/c1-5-13-33(14-6-1)65-37-21-25-41-45(29-37)53-57-49(41)62-54-47-31-39(67-35-17-9-3-10-18-35)23-27-43(47)51(59-54)64-56-48-32-40(68-36-19-11-4-12-20-36)24-28-44(48)52(60-56)63-55-46-30-38(66-34-15-7-2-8-16-34)22-26-42(46)50(58-55)61-53;;/h1-20,37-57,60-64H,21-32H2;;1H/q-2;+3;/p-1. The molecule has 6 N–H and O–H groups in total. The average Bonchev–Trinajstić information content (AvgIpc) is 4.07. The average molecular weight is 982 g/mol. The maximum absolute atomic E-state index is 6.90. The van der Waals surface area contributed by atoms with Crippen LogP contribution >= 0.6 is 0 Å². The predicted octanol–water partition coefficient (Wildman–Crippen LogP) is 3.81. The Labute approximate surface area is 427 Å². The third-order valence-corrected chi connectivity index (χ3v) is 20.6. The molecule has 4 aromatic rings. The monoisotopic (exact) mass is 981 g/mol. The van der Waals surface area contributed by atoms with Gasteiger partial charge in [-0.1, -0.05) is 0 Å². The fourth-order valence-electron chi connectivity index (χ4n) is 15.9. The fraction of sp³-hybridized carbons (Fsp3) is 0.571. The Hall–Kier alpha value is -3.42. The van der Waals surface area contributed by atoms with E-state index in [0.717, 1.165) is 100 Å². The maximum atomic E-state index is 6.90. The van der Waals surface area contributed by atoms with Crippen molar-refractivity contribution in [2.45, 2.75) is 151 Å². The quantitative estimate of drug-likeness (QED) is 0.145. The summed E-state index contributed by atoms with van der Waals surface area (Å²) in [6.07, 6.45) is 15.6. The summed E-state index contributed by atoms with van der Waals surface area (Å²) in [5.41, 5.74) is 0. The van der Waals surface area contributed by atoms with Crippen LogP contribution in [0.2, 0.25) is 0 Å². The number of hydrogen-bond donors (Lipinski definition) is 6. The Morgan fingerprint density at radius 1 is 0.314 bits per heavy atom. The Balaban J connectivity index is 0.00000480. The molecule has 6 heterocycles.